The summed E-state index contributed by atoms with van der Waals surface area (Å²) in [6.07, 6.45) is 1.18. The Bertz CT molecular complexity index is 1000. The standard InChI is InChI=1S/C20H24FN3O4/c1-20(2,3)17(25)11-24-10-13(19(27)28)18(26)12-8-14(21)16(9-15(12)24)23-6-4-22-5-7-23/h8-10,22H,4-7,11H2,1-3H3,(H,27,28). The number of anilines is 1. The van der Waals surface area contributed by atoms with Crippen LogP contribution in [0, 0.1) is 11.2 Å². The summed E-state index contributed by atoms with van der Waals surface area (Å²) < 4.78 is 16.2. The van der Waals surface area contributed by atoms with Crippen molar-refractivity contribution in [1.29, 1.82) is 0 Å². The fraction of sp³-hybridized carbons (Fsp3) is 0.450. The number of carbonyl (C=O) groups is 2. The number of halogens is 1. The molecule has 1 saturated heterocycles. The molecule has 0 atom stereocenters. The molecule has 7 nitrogen and oxygen atoms in total. The van der Waals surface area contributed by atoms with Gasteiger partial charge in [0, 0.05) is 43.2 Å². The van der Waals surface area contributed by atoms with Crippen LogP contribution in [0.5, 0.6) is 0 Å². The number of carbonyl (C=O) groups excluding carboxylic acids is 1. The van der Waals surface area contributed by atoms with Crippen molar-refractivity contribution in [3.63, 3.8) is 0 Å². The molecule has 2 heterocycles. The lowest BCUT2D eigenvalue weighted by Gasteiger charge is -2.30. The van der Waals surface area contributed by atoms with Crippen molar-refractivity contribution in [3.8, 4) is 0 Å². The molecule has 0 unspecified atom stereocenters. The molecule has 0 aliphatic carbocycles. The van der Waals surface area contributed by atoms with E-state index in [0.29, 0.717) is 37.4 Å². The zero-order chi connectivity index (χ0) is 20.6. The van der Waals surface area contributed by atoms with Crippen LogP contribution in [0.3, 0.4) is 0 Å². The Labute approximate surface area is 161 Å². The number of fused-ring (bicyclic) bond motifs is 1. The Morgan fingerprint density at radius 2 is 1.86 bits per heavy atom. The van der Waals surface area contributed by atoms with Crippen molar-refractivity contribution < 1.29 is 19.1 Å². The van der Waals surface area contributed by atoms with Gasteiger partial charge in [0.2, 0.25) is 5.43 Å². The maximum atomic E-state index is 14.8. The van der Waals surface area contributed by atoms with Crippen LogP contribution >= 0.6 is 0 Å². The molecule has 0 spiro atoms. The van der Waals surface area contributed by atoms with Gasteiger partial charge in [-0.1, -0.05) is 20.8 Å². The molecular weight excluding hydrogens is 365 g/mol. The number of nitrogens with zero attached hydrogens (tertiary/aromatic N) is 2. The second-order valence-electron chi connectivity index (χ2n) is 8.04. The molecule has 0 bridgehead atoms. The van der Waals surface area contributed by atoms with Crippen molar-refractivity contribution in [2.75, 3.05) is 31.1 Å². The average Bonchev–Trinajstić information content (AvgIpc) is 2.63. The highest BCUT2D eigenvalue weighted by Crippen LogP contribution is 2.26. The van der Waals surface area contributed by atoms with Gasteiger partial charge in [0.15, 0.2) is 5.78 Å². The maximum absolute atomic E-state index is 14.8. The number of Topliss-reactive ketones (excluding diaryl/α,β-unsaturated/α-hetero) is 1. The van der Waals surface area contributed by atoms with Crippen LogP contribution in [-0.2, 0) is 11.3 Å². The Kier molecular flexibility index (Phi) is 5.25. The molecule has 3 rings (SSSR count). The highest BCUT2D eigenvalue weighted by molar-refractivity contribution is 5.94. The van der Waals surface area contributed by atoms with Crippen molar-refractivity contribution in [3.05, 3.63) is 39.9 Å². The maximum Gasteiger partial charge on any atom is 0.341 e. The number of ketones is 1. The van der Waals surface area contributed by atoms with Crippen LogP contribution < -0.4 is 15.6 Å². The van der Waals surface area contributed by atoms with Gasteiger partial charge in [-0.15, -0.1) is 0 Å². The Hall–Kier alpha value is -2.74. The first kappa shape index (κ1) is 20.0. The normalized spacial score (nSPS) is 15.1. The summed E-state index contributed by atoms with van der Waals surface area (Å²) in [6.45, 7) is 7.85. The quantitative estimate of drug-likeness (QED) is 0.830. The van der Waals surface area contributed by atoms with Crippen LogP contribution in [0.4, 0.5) is 10.1 Å². The molecule has 1 fully saturated rings. The van der Waals surface area contributed by atoms with Gasteiger partial charge in [-0.25, -0.2) is 9.18 Å². The molecule has 0 radical (unpaired) electrons. The minimum absolute atomic E-state index is 0.0435. The number of nitrogens with one attached hydrogen (secondary N) is 1. The van der Waals surface area contributed by atoms with Gasteiger partial charge < -0.3 is 19.9 Å². The average molecular weight is 389 g/mol. The van der Waals surface area contributed by atoms with Gasteiger partial charge in [-0.2, -0.15) is 0 Å². The minimum Gasteiger partial charge on any atom is -0.477 e. The first-order valence-corrected chi connectivity index (χ1v) is 9.18. The Morgan fingerprint density at radius 1 is 1.21 bits per heavy atom. The fourth-order valence-electron chi connectivity index (χ4n) is 3.22. The molecule has 0 saturated carbocycles. The zero-order valence-electron chi connectivity index (χ0n) is 16.2. The van der Waals surface area contributed by atoms with Gasteiger partial charge in [-0.3, -0.25) is 9.59 Å². The lowest BCUT2D eigenvalue weighted by Crippen LogP contribution is -2.44. The van der Waals surface area contributed by atoms with Crippen molar-refractivity contribution in [2.45, 2.75) is 27.3 Å². The van der Waals surface area contributed by atoms with Crippen LogP contribution in [-0.4, -0.2) is 47.6 Å². The van der Waals surface area contributed by atoms with E-state index in [4.69, 9.17) is 0 Å². The second-order valence-corrected chi connectivity index (χ2v) is 8.04. The summed E-state index contributed by atoms with van der Waals surface area (Å²) >= 11 is 0. The third kappa shape index (κ3) is 3.77. The number of hydrogen-bond acceptors (Lipinski definition) is 5. The SMILES string of the molecule is CC(C)(C)C(=O)Cn1cc(C(=O)O)c(=O)c2cc(F)c(N3CCNCC3)cc21. The first-order valence-electron chi connectivity index (χ1n) is 9.18. The first-order chi connectivity index (χ1) is 13.1. The monoisotopic (exact) mass is 389 g/mol. The van der Waals surface area contributed by atoms with Crippen molar-refractivity contribution in [1.82, 2.24) is 9.88 Å². The summed E-state index contributed by atoms with van der Waals surface area (Å²) in [5.74, 6) is -2.11. The van der Waals surface area contributed by atoms with E-state index in [1.165, 1.54) is 10.8 Å². The van der Waals surface area contributed by atoms with E-state index in [1.807, 2.05) is 4.90 Å². The molecule has 1 aliphatic heterocycles. The van der Waals surface area contributed by atoms with E-state index in [-0.39, 0.29) is 17.7 Å². The number of aromatic carboxylic acids is 1. The van der Waals surface area contributed by atoms with Crippen molar-refractivity contribution in [2.24, 2.45) is 5.41 Å². The molecule has 150 valence electrons. The van der Waals surface area contributed by atoms with E-state index in [9.17, 15) is 23.9 Å². The molecule has 2 aromatic rings. The molecule has 1 aliphatic rings. The largest absolute Gasteiger partial charge is 0.477 e. The highest BCUT2D eigenvalue weighted by atomic mass is 19.1. The predicted octanol–water partition coefficient (Wildman–Crippen LogP) is 1.86. The fourth-order valence-corrected chi connectivity index (χ4v) is 3.22. The number of piperazine rings is 1. The third-order valence-corrected chi connectivity index (χ3v) is 4.99. The van der Waals surface area contributed by atoms with Gasteiger partial charge in [0.25, 0.3) is 0 Å². The van der Waals surface area contributed by atoms with Gasteiger partial charge in [0.05, 0.1) is 17.7 Å². The number of rotatable bonds is 4. The van der Waals surface area contributed by atoms with E-state index in [2.05, 4.69) is 5.32 Å². The summed E-state index contributed by atoms with van der Waals surface area (Å²) in [7, 11) is 0. The highest BCUT2D eigenvalue weighted by Gasteiger charge is 2.24. The lowest BCUT2D eigenvalue weighted by atomic mass is 9.90. The molecular formula is C20H24FN3O4. The second kappa shape index (κ2) is 7.35. The molecule has 1 aromatic carbocycles. The summed E-state index contributed by atoms with van der Waals surface area (Å²) in [5.41, 5.74) is -1.19. The van der Waals surface area contributed by atoms with Crippen molar-refractivity contribution >= 4 is 28.3 Å². The summed E-state index contributed by atoms with van der Waals surface area (Å²) in [5, 5.41) is 12.5. The minimum atomic E-state index is -1.41. The predicted molar refractivity (Wildman–Crippen MR) is 105 cm³/mol. The Morgan fingerprint density at radius 3 is 2.43 bits per heavy atom. The van der Waals surface area contributed by atoms with E-state index in [0.717, 1.165) is 6.07 Å². The molecule has 28 heavy (non-hydrogen) atoms. The van der Waals surface area contributed by atoms with Gasteiger partial charge >= 0.3 is 5.97 Å². The Balaban J connectivity index is 2.23. The van der Waals surface area contributed by atoms with Gasteiger partial charge in [-0.05, 0) is 12.1 Å². The number of carboxylic acids is 1. The van der Waals surface area contributed by atoms with Gasteiger partial charge in [0.1, 0.15) is 11.4 Å². The van der Waals surface area contributed by atoms with Crippen LogP contribution in [0.2, 0.25) is 0 Å². The third-order valence-electron chi connectivity index (χ3n) is 4.99. The number of aromatic nitrogens is 1. The topological polar surface area (TPSA) is 91.6 Å². The number of pyridine rings is 1. The van der Waals surface area contributed by atoms with Crippen LogP contribution in [0.25, 0.3) is 10.9 Å². The number of benzene rings is 1. The summed E-state index contributed by atoms with van der Waals surface area (Å²) in [4.78, 5) is 38.5. The van der Waals surface area contributed by atoms with Crippen LogP contribution in [0.15, 0.2) is 23.1 Å². The molecule has 8 heteroatoms. The van der Waals surface area contributed by atoms with E-state index >= 15 is 0 Å². The molecule has 2 N–H and O–H groups in total. The molecule has 1 aromatic heterocycles. The number of carboxylic acid groups (broad SMARTS) is 1. The van der Waals surface area contributed by atoms with E-state index < -0.39 is 28.2 Å². The zero-order valence-corrected chi connectivity index (χ0v) is 16.2. The summed E-state index contributed by atoms with van der Waals surface area (Å²) in [6, 6.07) is 2.62. The smallest absolute Gasteiger partial charge is 0.341 e. The lowest BCUT2D eigenvalue weighted by molar-refractivity contribution is -0.126. The van der Waals surface area contributed by atoms with Crippen LogP contribution in [0.1, 0.15) is 31.1 Å². The van der Waals surface area contributed by atoms with E-state index in [1.54, 1.807) is 26.8 Å². The molecule has 0 amide bonds. The number of hydrogen-bond donors (Lipinski definition) is 2.